The van der Waals surface area contributed by atoms with E-state index in [9.17, 15) is 13.2 Å². The molecule has 0 aliphatic heterocycles. The lowest BCUT2D eigenvalue weighted by Gasteiger charge is -2.14. The van der Waals surface area contributed by atoms with Crippen LogP contribution in [0.1, 0.15) is 37.6 Å². The number of aromatic nitrogens is 1. The van der Waals surface area contributed by atoms with E-state index in [-0.39, 0.29) is 5.92 Å². The van der Waals surface area contributed by atoms with E-state index in [0.29, 0.717) is 27.6 Å². The maximum absolute atomic E-state index is 13.1. The summed E-state index contributed by atoms with van der Waals surface area (Å²) in [5, 5.41) is 2.01. The molecule has 0 radical (unpaired) electrons. The Kier molecular flexibility index (Phi) is 6.19. The smallest absolute Gasteiger partial charge is 0.347 e. The van der Waals surface area contributed by atoms with Crippen molar-refractivity contribution in [1.82, 2.24) is 4.57 Å². The molecule has 0 amide bonds. The number of benzene rings is 1. The molecule has 0 atom stereocenters. The van der Waals surface area contributed by atoms with Gasteiger partial charge in [0.05, 0.1) is 5.56 Å². The van der Waals surface area contributed by atoms with Crippen molar-refractivity contribution in [1.29, 1.82) is 0 Å². The summed E-state index contributed by atoms with van der Waals surface area (Å²) in [5.74, 6) is 0.105. The number of rotatable bonds is 4. The number of allylic oxidation sites excluding steroid dienone is 4. The van der Waals surface area contributed by atoms with Crippen LogP contribution in [-0.4, -0.2) is 4.57 Å². The zero-order valence-corrected chi connectivity index (χ0v) is 16.9. The first-order chi connectivity index (χ1) is 12.0. The lowest BCUT2D eigenvalue weighted by molar-refractivity contribution is -0.137. The van der Waals surface area contributed by atoms with Crippen molar-refractivity contribution in [3.63, 3.8) is 0 Å². The predicted octanol–water partition coefficient (Wildman–Crippen LogP) is 7.34. The molecule has 0 spiro atoms. The average Bonchev–Trinajstić information content (AvgIpc) is 2.87. The number of alkyl halides is 3. The Morgan fingerprint density at radius 1 is 1.19 bits per heavy atom. The fourth-order valence-corrected chi connectivity index (χ4v) is 3.37. The van der Waals surface area contributed by atoms with Crippen LogP contribution in [0, 0.1) is 12.8 Å². The third kappa shape index (κ3) is 4.12. The van der Waals surface area contributed by atoms with Gasteiger partial charge in [-0.2, -0.15) is 13.2 Å². The number of nitrogens with zero attached hydrogens (tertiary/aromatic N) is 1. The van der Waals surface area contributed by atoms with Crippen LogP contribution in [0.2, 0.25) is 0 Å². The van der Waals surface area contributed by atoms with Crippen LogP contribution in [0.15, 0.2) is 39.9 Å². The lowest BCUT2D eigenvalue weighted by atomic mass is 10.0. The molecule has 2 rings (SSSR count). The molecule has 6 heteroatoms. The summed E-state index contributed by atoms with van der Waals surface area (Å²) < 4.78 is 41.2. The zero-order valence-electron chi connectivity index (χ0n) is 15.4. The highest BCUT2D eigenvalue weighted by Gasteiger charge is 2.31. The number of hydrogen-bond acceptors (Lipinski definition) is 0. The third-order valence-corrected chi connectivity index (χ3v) is 5.60. The highest BCUT2D eigenvalue weighted by Crippen LogP contribution is 2.36. The van der Waals surface area contributed by atoms with Gasteiger partial charge in [0, 0.05) is 40.1 Å². The molecule has 1 heterocycles. The third-order valence-electron chi connectivity index (χ3n) is 4.49. The second-order valence-corrected chi connectivity index (χ2v) is 7.53. The number of aryl methyl sites for hydroxylation is 2. The largest absolute Gasteiger partial charge is 0.416 e. The highest BCUT2D eigenvalue weighted by atomic mass is 35.5. The van der Waals surface area contributed by atoms with Crippen molar-refractivity contribution in [3.8, 4) is 0 Å². The molecule has 0 saturated carbocycles. The van der Waals surface area contributed by atoms with Crippen molar-refractivity contribution >= 4 is 34.1 Å². The molecule has 26 heavy (non-hydrogen) atoms. The van der Waals surface area contributed by atoms with E-state index in [2.05, 4.69) is 0 Å². The Bertz CT molecular complexity index is 887. The van der Waals surface area contributed by atoms with E-state index < -0.39 is 11.7 Å². The quantitative estimate of drug-likeness (QED) is 0.470. The standard InChI is InChI=1S/C20H22Cl2F3N/c1-6-17(21)16(19(22)11(2)3)10-14-9-15-12(4)7-13(20(23,24)25)8-18(15)26(14)5/h6-9,11H,10H2,1-5H3/b17-6+,19-16+. The normalized spacial score (nSPS) is 14.3. The summed E-state index contributed by atoms with van der Waals surface area (Å²) >= 11 is 12.8. The molecule has 1 nitrogen and oxygen atoms in total. The van der Waals surface area contributed by atoms with E-state index in [0.717, 1.165) is 16.7 Å². The molecule has 2 aromatic rings. The van der Waals surface area contributed by atoms with E-state index in [1.165, 1.54) is 12.1 Å². The van der Waals surface area contributed by atoms with Crippen LogP contribution in [0.5, 0.6) is 0 Å². The Morgan fingerprint density at radius 3 is 2.31 bits per heavy atom. The summed E-state index contributed by atoms with van der Waals surface area (Å²) in [6.45, 7) is 7.47. The molecule has 1 aromatic carbocycles. The summed E-state index contributed by atoms with van der Waals surface area (Å²) in [6.07, 6.45) is -2.15. The van der Waals surface area contributed by atoms with Crippen LogP contribution in [-0.2, 0) is 19.6 Å². The molecule has 0 aliphatic carbocycles. The topological polar surface area (TPSA) is 4.93 Å². The van der Waals surface area contributed by atoms with Crippen molar-refractivity contribution in [2.24, 2.45) is 13.0 Å². The van der Waals surface area contributed by atoms with Gasteiger partial charge in [0.15, 0.2) is 0 Å². The maximum Gasteiger partial charge on any atom is 0.416 e. The first-order valence-electron chi connectivity index (χ1n) is 8.34. The summed E-state index contributed by atoms with van der Waals surface area (Å²) in [7, 11) is 1.77. The fraction of sp³-hybridized carbons (Fsp3) is 0.400. The van der Waals surface area contributed by atoms with Gasteiger partial charge in [0.1, 0.15) is 0 Å². The van der Waals surface area contributed by atoms with E-state index >= 15 is 0 Å². The van der Waals surface area contributed by atoms with Gasteiger partial charge in [-0.05, 0) is 49.1 Å². The Morgan fingerprint density at radius 2 is 1.81 bits per heavy atom. The van der Waals surface area contributed by atoms with Crippen LogP contribution in [0.3, 0.4) is 0 Å². The van der Waals surface area contributed by atoms with Gasteiger partial charge in [-0.1, -0.05) is 43.1 Å². The SMILES string of the molecule is C/C=C(Cl)\C(Cc1cc2c(C)cc(C(F)(F)F)cc2n1C)=C(\Cl)C(C)C. The van der Waals surface area contributed by atoms with Gasteiger partial charge < -0.3 is 4.57 Å². The second-order valence-electron chi connectivity index (χ2n) is 6.71. The Hall–Kier alpha value is -1.39. The summed E-state index contributed by atoms with van der Waals surface area (Å²) in [5.41, 5.74) is 2.15. The molecule has 0 N–H and O–H groups in total. The Labute approximate surface area is 162 Å². The number of hydrogen-bond donors (Lipinski definition) is 0. The minimum absolute atomic E-state index is 0.105. The van der Waals surface area contributed by atoms with Gasteiger partial charge in [-0.3, -0.25) is 0 Å². The van der Waals surface area contributed by atoms with Crippen molar-refractivity contribution < 1.29 is 13.2 Å². The van der Waals surface area contributed by atoms with Crippen LogP contribution >= 0.6 is 23.2 Å². The molecule has 0 bridgehead atoms. The van der Waals surface area contributed by atoms with Gasteiger partial charge in [-0.15, -0.1) is 0 Å². The predicted molar refractivity (Wildman–Crippen MR) is 104 cm³/mol. The van der Waals surface area contributed by atoms with Gasteiger partial charge in [-0.25, -0.2) is 0 Å². The average molecular weight is 404 g/mol. The Balaban J connectivity index is 2.63. The molecular weight excluding hydrogens is 382 g/mol. The van der Waals surface area contributed by atoms with E-state index in [1.807, 2.05) is 26.8 Å². The van der Waals surface area contributed by atoms with Crippen LogP contribution in [0.4, 0.5) is 13.2 Å². The molecular formula is C20H22Cl2F3N. The molecule has 0 fully saturated rings. The number of fused-ring (bicyclic) bond motifs is 1. The lowest BCUT2D eigenvalue weighted by Crippen LogP contribution is -2.06. The molecule has 142 valence electrons. The van der Waals surface area contributed by atoms with Crippen molar-refractivity contribution in [2.75, 3.05) is 0 Å². The fourth-order valence-electron chi connectivity index (χ4n) is 2.98. The minimum atomic E-state index is -4.37. The summed E-state index contributed by atoms with van der Waals surface area (Å²) in [4.78, 5) is 0. The zero-order chi connectivity index (χ0) is 19.8. The minimum Gasteiger partial charge on any atom is -0.347 e. The molecule has 0 aliphatic rings. The monoisotopic (exact) mass is 403 g/mol. The molecule has 0 saturated heterocycles. The second kappa shape index (κ2) is 7.69. The van der Waals surface area contributed by atoms with Gasteiger partial charge >= 0.3 is 6.18 Å². The summed E-state index contributed by atoms with van der Waals surface area (Å²) in [6, 6.07) is 4.29. The van der Waals surface area contributed by atoms with Gasteiger partial charge in [0.25, 0.3) is 0 Å². The molecule has 1 aromatic heterocycles. The number of halogens is 5. The van der Waals surface area contributed by atoms with Crippen molar-refractivity contribution in [3.05, 3.63) is 56.7 Å². The first-order valence-corrected chi connectivity index (χ1v) is 9.09. The maximum atomic E-state index is 13.1. The van der Waals surface area contributed by atoms with E-state index in [1.54, 1.807) is 24.6 Å². The van der Waals surface area contributed by atoms with Crippen LogP contribution in [0.25, 0.3) is 10.9 Å². The van der Waals surface area contributed by atoms with E-state index in [4.69, 9.17) is 23.2 Å². The molecule has 0 unspecified atom stereocenters. The van der Waals surface area contributed by atoms with Crippen molar-refractivity contribution in [2.45, 2.75) is 40.3 Å². The first kappa shape index (κ1) is 20.9. The van der Waals surface area contributed by atoms with Crippen LogP contribution < -0.4 is 0 Å². The highest BCUT2D eigenvalue weighted by molar-refractivity contribution is 6.35. The van der Waals surface area contributed by atoms with Gasteiger partial charge in [0.2, 0.25) is 0 Å².